The van der Waals surface area contributed by atoms with Crippen molar-refractivity contribution < 1.29 is 34.1 Å². The molecule has 3 aromatic rings. The minimum atomic E-state index is -1.50. The first-order chi connectivity index (χ1) is 15.5. The highest BCUT2D eigenvalue weighted by Crippen LogP contribution is 2.42. The van der Waals surface area contributed by atoms with Crippen LogP contribution in [0, 0.1) is 0 Å². The van der Waals surface area contributed by atoms with Gasteiger partial charge in [-0.15, -0.1) is 11.3 Å². The maximum Gasteiger partial charge on any atom is 0.347 e. The van der Waals surface area contributed by atoms with Gasteiger partial charge >= 0.3 is 11.9 Å². The molecular formula is C25H22O7S. The lowest BCUT2D eigenvalue weighted by atomic mass is 9.94. The maximum absolute atomic E-state index is 13.1. The first-order valence-corrected chi connectivity index (χ1v) is 10.7. The molecule has 2 aromatic carbocycles. The molecule has 0 bridgehead atoms. The molecule has 0 aliphatic rings. The second-order valence-corrected chi connectivity index (χ2v) is 8.58. The third-order valence-electron chi connectivity index (χ3n) is 4.96. The number of aromatic carboxylic acids is 1. The number of carbonyl (C=O) groups is 3. The highest BCUT2D eigenvalue weighted by Gasteiger charge is 2.31. The number of benzene rings is 2. The van der Waals surface area contributed by atoms with Gasteiger partial charge in [0.2, 0.25) is 0 Å². The summed E-state index contributed by atoms with van der Waals surface area (Å²) in [4.78, 5) is 36.6. The number of rotatable bonds is 9. The fraction of sp³-hybridized carbons (Fsp3) is 0.160. The number of carbonyl (C=O) groups excluding carboxylic acids is 1. The largest absolute Gasteiger partial charge is 0.496 e. The Morgan fingerprint density at radius 3 is 2.12 bits per heavy atom. The van der Waals surface area contributed by atoms with Crippen molar-refractivity contribution in [3.63, 3.8) is 0 Å². The number of carboxylic acid groups (broad SMARTS) is 2. The molecule has 1 aromatic heterocycles. The maximum atomic E-state index is 13.1. The molecule has 170 valence electrons. The average molecular weight is 467 g/mol. The summed E-state index contributed by atoms with van der Waals surface area (Å²) < 4.78 is 11.3. The molecule has 0 amide bonds. The predicted octanol–water partition coefficient (Wildman–Crippen LogP) is 5.26. The standard InChI is InChI=1S/C25H22O7S/c1-14(22(26)15-7-9-16(10-8-15)23(27)28)17-12-18(21-6-5-11-33-21)20(13-19(17)31-4)32-25(2,3)24(29)30/h5-13H,1H2,2-4H3,(H,27,28)(H,29,30). The minimum absolute atomic E-state index is 0.0669. The van der Waals surface area contributed by atoms with Crippen LogP contribution in [0.25, 0.3) is 16.0 Å². The van der Waals surface area contributed by atoms with Gasteiger partial charge in [0, 0.05) is 33.2 Å². The Labute approximate surface area is 194 Å². The van der Waals surface area contributed by atoms with Crippen molar-refractivity contribution in [2.75, 3.05) is 7.11 Å². The van der Waals surface area contributed by atoms with Gasteiger partial charge in [0.05, 0.1) is 12.7 Å². The molecule has 33 heavy (non-hydrogen) atoms. The summed E-state index contributed by atoms with van der Waals surface area (Å²) in [6, 6.07) is 12.5. The van der Waals surface area contributed by atoms with E-state index in [-0.39, 0.29) is 28.2 Å². The SMILES string of the molecule is C=C(C(=O)c1ccc(C(=O)O)cc1)c1cc(-c2cccs2)c(OC(C)(C)C(=O)O)cc1OC. The minimum Gasteiger partial charge on any atom is -0.496 e. The second kappa shape index (κ2) is 9.30. The van der Waals surface area contributed by atoms with Crippen molar-refractivity contribution in [1.29, 1.82) is 0 Å². The lowest BCUT2D eigenvalue weighted by molar-refractivity contribution is -0.152. The Balaban J connectivity index is 2.08. The van der Waals surface area contributed by atoms with Gasteiger partial charge in [0.1, 0.15) is 11.5 Å². The fourth-order valence-electron chi connectivity index (χ4n) is 3.05. The van der Waals surface area contributed by atoms with E-state index in [9.17, 15) is 19.5 Å². The van der Waals surface area contributed by atoms with E-state index in [2.05, 4.69) is 6.58 Å². The molecule has 0 unspecified atom stereocenters. The van der Waals surface area contributed by atoms with Crippen molar-refractivity contribution >= 4 is 34.6 Å². The van der Waals surface area contributed by atoms with Gasteiger partial charge in [-0.1, -0.05) is 24.8 Å². The first kappa shape index (κ1) is 23.7. The van der Waals surface area contributed by atoms with E-state index in [1.807, 2.05) is 17.5 Å². The number of aliphatic carboxylic acids is 1. The molecule has 0 saturated heterocycles. The zero-order valence-electron chi connectivity index (χ0n) is 18.2. The Bertz CT molecular complexity index is 1220. The molecule has 2 N–H and O–H groups in total. The highest BCUT2D eigenvalue weighted by atomic mass is 32.1. The molecular weight excluding hydrogens is 444 g/mol. The molecule has 0 spiro atoms. The Hall–Kier alpha value is -3.91. The smallest absolute Gasteiger partial charge is 0.347 e. The van der Waals surface area contributed by atoms with Crippen molar-refractivity contribution in [1.82, 2.24) is 0 Å². The zero-order chi connectivity index (χ0) is 24.3. The number of allylic oxidation sites excluding steroid dienone is 1. The van der Waals surface area contributed by atoms with Crippen molar-refractivity contribution in [2.24, 2.45) is 0 Å². The van der Waals surface area contributed by atoms with E-state index in [4.69, 9.17) is 14.6 Å². The molecule has 0 radical (unpaired) electrons. The van der Waals surface area contributed by atoms with E-state index in [1.54, 1.807) is 12.1 Å². The third-order valence-corrected chi connectivity index (χ3v) is 5.86. The highest BCUT2D eigenvalue weighted by molar-refractivity contribution is 7.13. The number of Topliss-reactive ketones (excluding diaryl/α,β-unsaturated/α-hetero) is 1. The van der Waals surface area contributed by atoms with Crippen molar-refractivity contribution in [3.8, 4) is 21.9 Å². The fourth-order valence-corrected chi connectivity index (χ4v) is 3.80. The van der Waals surface area contributed by atoms with Gasteiger partial charge in [-0.2, -0.15) is 0 Å². The number of carboxylic acids is 2. The van der Waals surface area contributed by atoms with Gasteiger partial charge in [0.15, 0.2) is 11.4 Å². The molecule has 1 heterocycles. The summed E-state index contributed by atoms with van der Waals surface area (Å²) in [6.07, 6.45) is 0. The number of ketones is 1. The van der Waals surface area contributed by atoms with E-state index < -0.39 is 23.3 Å². The molecule has 7 nitrogen and oxygen atoms in total. The summed E-state index contributed by atoms with van der Waals surface area (Å²) in [7, 11) is 1.43. The number of ether oxygens (including phenoxy) is 2. The number of hydrogen-bond donors (Lipinski definition) is 2. The van der Waals surface area contributed by atoms with E-state index >= 15 is 0 Å². The normalized spacial score (nSPS) is 11.0. The molecule has 3 rings (SSSR count). The Morgan fingerprint density at radius 2 is 1.61 bits per heavy atom. The van der Waals surface area contributed by atoms with Crippen LogP contribution in [-0.4, -0.2) is 40.6 Å². The molecule has 8 heteroatoms. The topological polar surface area (TPSA) is 110 Å². The van der Waals surface area contributed by atoms with Crippen LogP contribution < -0.4 is 9.47 Å². The van der Waals surface area contributed by atoms with E-state index in [0.717, 1.165) is 4.88 Å². The lowest BCUT2D eigenvalue weighted by Crippen LogP contribution is -2.38. The lowest BCUT2D eigenvalue weighted by Gasteiger charge is -2.24. The van der Waals surface area contributed by atoms with Crippen LogP contribution in [-0.2, 0) is 4.79 Å². The zero-order valence-corrected chi connectivity index (χ0v) is 19.1. The van der Waals surface area contributed by atoms with Crippen LogP contribution in [0.2, 0.25) is 0 Å². The van der Waals surface area contributed by atoms with Crippen molar-refractivity contribution in [3.05, 3.63) is 77.2 Å². The van der Waals surface area contributed by atoms with Crippen LogP contribution in [0.15, 0.2) is 60.5 Å². The molecule has 0 fully saturated rings. The summed E-state index contributed by atoms with van der Waals surface area (Å²) in [6.45, 7) is 6.83. The quantitative estimate of drug-likeness (QED) is 0.327. The third kappa shape index (κ3) is 4.96. The summed E-state index contributed by atoms with van der Waals surface area (Å²) >= 11 is 1.43. The predicted molar refractivity (Wildman–Crippen MR) is 125 cm³/mol. The summed E-state index contributed by atoms with van der Waals surface area (Å²) in [5, 5.41) is 20.4. The monoisotopic (exact) mass is 466 g/mol. The Morgan fingerprint density at radius 1 is 0.970 bits per heavy atom. The van der Waals surface area contributed by atoms with Crippen LogP contribution in [0.3, 0.4) is 0 Å². The average Bonchev–Trinajstić information content (AvgIpc) is 3.32. The molecule has 0 saturated carbocycles. The number of hydrogen-bond acceptors (Lipinski definition) is 6. The molecule has 0 atom stereocenters. The van der Waals surface area contributed by atoms with E-state index in [0.29, 0.717) is 11.1 Å². The van der Waals surface area contributed by atoms with Gasteiger partial charge in [-0.25, -0.2) is 9.59 Å². The van der Waals surface area contributed by atoms with Gasteiger partial charge in [0.25, 0.3) is 0 Å². The Kier molecular flexibility index (Phi) is 6.69. The van der Waals surface area contributed by atoms with E-state index in [1.165, 1.54) is 56.6 Å². The van der Waals surface area contributed by atoms with Crippen LogP contribution in [0.5, 0.6) is 11.5 Å². The van der Waals surface area contributed by atoms with Crippen LogP contribution in [0.1, 0.15) is 40.1 Å². The van der Waals surface area contributed by atoms with Gasteiger partial charge in [-0.05, 0) is 43.5 Å². The van der Waals surface area contributed by atoms with Crippen molar-refractivity contribution in [2.45, 2.75) is 19.4 Å². The summed E-state index contributed by atoms with van der Waals surface area (Å²) in [5.41, 5.74) is -0.0258. The number of thiophene rings is 1. The van der Waals surface area contributed by atoms with Crippen LogP contribution in [0.4, 0.5) is 0 Å². The number of methoxy groups -OCH3 is 1. The first-order valence-electron chi connectivity index (χ1n) is 9.80. The summed E-state index contributed by atoms with van der Waals surface area (Å²) in [5.74, 6) is -2.05. The second-order valence-electron chi connectivity index (χ2n) is 7.63. The van der Waals surface area contributed by atoms with Crippen LogP contribution >= 0.6 is 11.3 Å². The molecule has 0 aliphatic heterocycles. The van der Waals surface area contributed by atoms with Gasteiger partial charge in [-0.3, -0.25) is 4.79 Å². The van der Waals surface area contributed by atoms with Gasteiger partial charge < -0.3 is 19.7 Å². The molecule has 0 aliphatic carbocycles.